The second-order valence-corrected chi connectivity index (χ2v) is 8.33. The number of hydrogen-bond donors (Lipinski definition) is 0. The highest BCUT2D eigenvalue weighted by molar-refractivity contribution is 5.95. The van der Waals surface area contributed by atoms with Crippen LogP contribution in [0.1, 0.15) is 24.2 Å². The number of rotatable bonds is 4. The third-order valence-electron chi connectivity index (χ3n) is 6.05. The molecule has 0 unspecified atom stereocenters. The fourth-order valence-corrected chi connectivity index (χ4v) is 4.44. The Morgan fingerprint density at radius 2 is 1.85 bits per heavy atom. The van der Waals surface area contributed by atoms with Crippen LogP contribution in [0.25, 0.3) is 28.0 Å². The Hall–Kier alpha value is -4.21. The van der Waals surface area contributed by atoms with E-state index in [0.29, 0.717) is 47.0 Å². The molecule has 0 bridgehead atoms. The normalized spacial score (nSPS) is 14.1. The van der Waals surface area contributed by atoms with Gasteiger partial charge in [0.05, 0.1) is 23.6 Å². The van der Waals surface area contributed by atoms with Gasteiger partial charge in [0, 0.05) is 31.8 Å². The van der Waals surface area contributed by atoms with Crippen LogP contribution in [0.15, 0.2) is 48.9 Å². The largest absolute Gasteiger partial charge is 0.322 e. The number of fused-ring (bicyclic) bond motifs is 2. The monoisotopic (exact) mass is 459 g/mol. The Balaban J connectivity index is 1.44. The van der Waals surface area contributed by atoms with Crippen LogP contribution in [0.5, 0.6) is 0 Å². The number of anilines is 1. The molecule has 1 fully saturated rings. The molecule has 5 heterocycles. The van der Waals surface area contributed by atoms with Crippen LogP contribution >= 0.6 is 0 Å². The molecule has 8 nitrogen and oxygen atoms in total. The predicted molar refractivity (Wildman–Crippen MR) is 122 cm³/mol. The minimum Gasteiger partial charge on any atom is -0.322 e. The molecule has 0 radical (unpaired) electrons. The summed E-state index contributed by atoms with van der Waals surface area (Å²) in [6, 6.07) is 7.22. The van der Waals surface area contributed by atoms with Crippen molar-refractivity contribution < 1.29 is 13.6 Å². The van der Waals surface area contributed by atoms with E-state index in [-0.39, 0.29) is 12.5 Å². The summed E-state index contributed by atoms with van der Waals surface area (Å²) in [4.78, 5) is 32.0. The smallest absolute Gasteiger partial charge is 0.228 e. The molecule has 1 aliphatic rings. The molecule has 10 heteroatoms. The number of pyridine rings is 1. The number of aryl methyl sites for hydroxylation is 1. The van der Waals surface area contributed by atoms with Crippen LogP contribution in [0.3, 0.4) is 0 Å². The molecule has 0 aliphatic carbocycles. The number of imidazole rings is 1. The van der Waals surface area contributed by atoms with Crippen LogP contribution in [-0.2, 0) is 11.3 Å². The molecule has 0 saturated carbocycles. The number of nitrogens with zero attached hydrogens (tertiary/aromatic N) is 7. The van der Waals surface area contributed by atoms with Gasteiger partial charge in [0.25, 0.3) is 0 Å². The summed E-state index contributed by atoms with van der Waals surface area (Å²) in [5.74, 6) is -0.00145. The lowest BCUT2D eigenvalue weighted by Gasteiger charge is -2.14. The van der Waals surface area contributed by atoms with Crippen molar-refractivity contribution in [1.82, 2.24) is 29.1 Å². The van der Waals surface area contributed by atoms with Crippen LogP contribution in [0.2, 0.25) is 0 Å². The summed E-state index contributed by atoms with van der Waals surface area (Å²) in [5, 5.41) is 0. The summed E-state index contributed by atoms with van der Waals surface area (Å²) < 4.78 is 31.2. The quantitative estimate of drug-likeness (QED) is 0.407. The first-order valence-electron chi connectivity index (χ1n) is 10.9. The standard InChI is InChI=1S/C24H19F2N7O/c1-14-29-23-20(33(14)13-15-7-16(25)9-17(26)8-15)10-18(11-28-23)31-6-4-19-24(31)30-21(12-27-19)32-5-2-3-22(32)34/h4,6-12H,2-3,5,13H2,1H3. The molecular formula is C24H19F2N7O. The van der Waals surface area contributed by atoms with Crippen molar-refractivity contribution in [3.63, 3.8) is 0 Å². The highest BCUT2D eigenvalue weighted by atomic mass is 19.1. The molecule has 34 heavy (non-hydrogen) atoms. The van der Waals surface area contributed by atoms with E-state index in [1.54, 1.807) is 17.3 Å². The van der Waals surface area contributed by atoms with Crippen molar-refractivity contribution in [3.05, 3.63) is 71.9 Å². The van der Waals surface area contributed by atoms with E-state index < -0.39 is 11.6 Å². The molecule has 5 aromatic rings. The zero-order valence-electron chi connectivity index (χ0n) is 18.2. The Morgan fingerprint density at radius 1 is 1.03 bits per heavy atom. The van der Waals surface area contributed by atoms with Crippen LogP contribution in [0, 0.1) is 18.6 Å². The van der Waals surface area contributed by atoms with Crippen molar-refractivity contribution in [2.45, 2.75) is 26.3 Å². The molecule has 1 aliphatic heterocycles. The second-order valence-electron chi connectivity index (χ2n) is 8.33. The Bertz CT molecular complexity index is 1570. The summed E-state index contributed by atoms with van der Waals surface area (Å²) in [5.41, 5.74) is 3.77. The summed E-state index contributed by atoms with van der Waals surface area (Å²) in [6.45, 7) is 2.70. The first kappa shape index (κ1) is 20.4. The molecule has 1 amide bonds. The van der Waals surface area contributed by atoms with E-state index in [1.165, 1.54) is 12.1 Å². The number of carbonyl (C=O) groups is 1. The fourth-order valence-electron chi connectivity index (χ4n) is 4.44. The van der Waals surface area contributed by atoms with Gasteiger partial charge in [0.1, 0.15) is 23.0 Å². The van der Waals surface area contributed by atoms with Crippen molar-refractivity contribution in [2.24, 2.45) is 0 Å². The molecule has 1 aromatic carbocycles. The number of amides is 1. The topological polar surface area (TPSA) is 81.7 Å². The van der Waals surface area contributed by atoms with Gasteiger partial charge >= 0.3 is 0 Å². The number of hydrogen-bond acceptors (Lipinski definition) is 5. The molecular weight excluding hydrogens is 440 g/mol. The van der Waals surface area contributed by atoms with E-state index in [0.717, 1.165) is 23.7 Å². The zero-order valence-corrected chi connectivity index (χ0v) is 18.2. The van der Waals surface area contributed by atoms with E-state index in [1.807, 2.05) is 34.4 Å². The average molecular weight is 459 g/mol. The molecule has 6 rings (SSSR count). The summed E-state index contributed by atoms with van der Waals surface area (Å²) >= 11 is 0. The average Bonchev–Trinajstić information content (AvgIpc) is 3.50. The Labute approximate surface area is 192 Å². The predicted octanol–water partition coefficient (Wildman–Crippen LogP) is 3.93. The van der Waals surface area contributed by atoms with Crippen LogP contribution in [0.4, 0.5) is 14.6 Å². The van der Waals surface area contributed by atoms with Crippen molar-refractivity contribution in [3.8, 4) is 5.69 Å². The Morgan fingerprint density at radius 3 is 2.62 bits per heavy atom. The van der Waals surface area contributed by atoms with E-state index in [2.05, 4.69) is 15.0 Å². The maximum atomic E-state index is 13.7. The van der Waals surface area contributed by atoms with E-state index in [4.69, 9.17) is 4.98 Å². The van der Waals surface area contributed by atoms with E-state index >= 15 is 0 Å². The number of halogens is 2. The number of carbonyl (C=O) groups excluding carboxylic acids is 1. The van der Waals surface area contributed by atoms with Crippen LogP contribution in [-0.4, -0.2) is 41.5 Å². The zero-order chi connectivity index (χ0) is 23.4. The van der Waals surface area contributed by atoms with Gasteiger partial charge in [-0.1, -0.05) is 0 Å². The minimum absolute atomic E-state index is 0.0444. The first-order valence-corrected chi connectivity index (χ1v) is 10.9. The van der Waals surface area contributed by atoms with Crippen molar-refractivity contribution >= 4 is 34.1 Å². The highest BCUT2D eigenvalue weighted by Crippen LogP contribution is 2.25. The van der Waals surface area contributed by atoms with Gasteiger partial charge in [-0.2, -0.15) is 0 Å². The van der Waals surface area contributed by atoms with Gasteiger partial charge < -0.3 is 4.57 Å². The maximum Gasteiger partial charge on any atom is 0.228 e. The van der Waals surface area contributed by atoms with Gasteiger partial charge in [-0.3, -0.25) is 14.3 Å². The second kappa shape index (κ2) is 7.68. The molecule has 4 aromatic heterocycles. The lowest BCUT2D eigenvalue weighted by molar-refractivity contribution is -0.117. The van der Waals surface area contributed by atoms with E-state index in [9.17, 15) is 13.6 Å². The SMILES string of the molecule is Cc1nc2ncc(-n3ccc4ncc(N5CCCC5=O)nc43)cc2n1Cc1cc(F)cc(F)c1. The Kier molecular flexibility index (Phi) is 4.61. The fraction of sp³-hybridized carbons (Fsp3) is 0.208. The lowest BCUT2D eigenvalue weighted by Crippen LogP contribution is -2.25. The minimum atomic E-state index is -0.624. The van der Waals surface area contributed by atoms with Crippen molar-refractivity contribution in [2.75, 3.05) is 11.4 Å². The number of benzene rings is 1. The molecule has 0 atom stereocenters. The number of aromatic nitrogens is 6. The molecule has 1 saturated heterocycles. The highest BCUT2D eigenvalue weighted by Gasteiger charge is 2.24. The van der Waals surface area contributed by atoms with Gasteiger partial charge in [-0.25, -0.2) is 28.7 Å². The maximum absolute atomic E-state index is 13.7. The van der Waals surface area contributed by atoms with Gasteiger partial charge in [0.15, 0.2) is 17.1 Å². The van der Waals surface area contributed by atoms with Crippen LogP contribution < -0.4 is 4.90 Å². The van der Waals surface area contributed by atoms with Gasteiger partial charge in [-0.05, 0) is 43.2 Å². The first-order chi connectivity index (χ1) is 16.5. The molecule has 0 spiro atoms. The third kappa shape index (κ3) is 3.38. The van der Waals surface area contributed by atoms with Gasteiger partial charge in [0.2, 0.25) is 5.91 Å². The summed E-state index contributed by atoms with van der Waals surface area (Å²) in [6.07, 6.45) is 6.47. The molecule has 170 valence electrons. The summed E-state index contributed by atoms with van der Waals surface area (Å²) in [7, 11) is 0. The molecule has 0 N–H and O–H groups in total. The lowest BCUT2D eigenvalue weighted by atomic mass is 10.2. The van der Waals surface area contributed by atoms with Crippen molar-refractivity contribution in [1.29, 1.82) is 0 Å². The van der Waals surface area contributed by atoms with Gasteiger partial charge in [-0.15, -0.1) is 0 Å². The third-order valence-corrected chi connectivity index (χ3v) is 6.05.